The Labute approximate surface area is 112 Å². The van der Waals surface area contributed by atoms with Crippen LogP contribution >= 0.6 is 0 Å². The molecule has 1 amide bonds. The molecule has 0 saturated carbocycles. The second kappa shape index (κ2) is 7.86. The Balaban J connectivity index is 2.65. The van der Waals surface area contributed by atoms with E-state index in [1.165, 1.54) is 6.34 Å². The van der Waals surface area contributed by atoms with Gasteiger partial charge in [-0.2, -0.15) is 0 Å². The standard InChI is InChI=1S/C13H17N5O/c1-4-5-13(19)17-11-6-7-12(15-8-11)10(2)18-16-9-14-3/h6-9H,2,4-5H2,1,3H3,(H,17,19). The van der Waals surface area contributed by atoms with Crippen LogP contribution in [0.25, 0.3) is 5.70 Å². The highest BCUT2D eigenvalue weighted by atomic mass is 16.1. The monoisotopic (exact) mass is 259 g/mol. The van der Waals surface area contributed by atoms with Gasteiger partial charge in [-0.15, -0.1) is 10.2 Å². The number of carbonyl (C=O) groups is 1. The third-order valence-corrected chi connectivity index (χ3v) is 2.17. The number of hydrogen-bond donors (Lipinski definition) is 1. The van der Waals surface area contributed by atoms with Crippen molar-refractivity contribution in [1.82, 2.24) is 4.98 Å². The molecule has 0 aliphatic heterocycles. The summed E-state index contributed by atoms with van der Waals surface area (Å²) in [5.41, 5.74) is 1.69. The van der Waals surface area contributed by atoms with Crippen LogP contribution in [0.3, 0.4) is 0 Å². The Morgan fingerprint density at radius 2 is 2.32 bits per heavy atom. The van der Waals surface area contributed by atoms with Gasteiger partial charge in [-0.25, -0.2) is 0 Å². The van der Waals surface area contributed by atoms with Gasteiger partial charge >= 0.3 is 0 Å². The smallest absolute Gasteiger partial charge is 0.224 e. The molecule has 0 saturated heterocycles. The zero-order valence-electron chi connectivity index (χ0n) is 11.1. The molecule has 19 heavy (non-hydrogen) atoms. The number of rotatable bonds is 6. The average Bonchev–Trinajstić information content (AvgIpc) is 2.40. The van der Waals surface area contributed by atoms with Crippen molar-refractivity contribution in [2.75, 3.05) is 12.4 Å². The van der Waals surface area contributed by atoms with E-state index in [-0.39, 0.29) is 5.91 Å². The maximum absolute atomic E-state index is 11.4. The highest BCUT2D eigenvalue weighted by Gasteiger charge is 2.03. The fourth-order valence-corrected chi connectivity index (χ4v) is 1.29. The maximum atomic E-state index is 11.4. The van der Waals surface area contributed by atoms with Crippen LogP contribution < -0.4 is 5.32 Å². The van der Waals surface area contributed by atoms with E-state index in [9.17, 15) is 4.79 Å². The lowest BCUT2D eigenvalue weighted by Gasteiger charge is -2.04. The Hall–Kier alpha value is -2.37. The summed E-state index contributed by atoms with van der Waals surface area (Å²) >= 11 is 0. The summed E-state index contributed by atoms with van der Waals surface area (Å²) in [5.74, 6) is -0.0188. The summed E-state index contributed by atoms with van der Waals surface area (Å²) in [5, 5.41) is 10.3. The van der Waals surface area contributed by atoms with E-state index in [1.54, 1.807) is 25.4 Å². The number of pyridine rings is 1. The SMILES string of the molecule is C=C(N=NC=NC)c1ccc(NC(=O)CCC)cn1. The minimum Gasteiger partial charge on any atom is -0.325 e. The predicted molar refractivity (Wildman–Crippen MR) is 76.1 cm³/mol. The van der Waals surface area contributed by atoms with Gasteiger partial charge < -0.3 is 5.32 Å². The number of hydrogen-bond acceptors (Lipinski definition) is 4. The minimum atomic E-state index is -0.0188. The van der Waals surface area contributed by atoms with Gasteiger partial charge in [0.1, 0.15) is 12.0 Å². The number of amides is 1. The van der Waals surface area contributed by atoms with Crippen LogP contribution in [0.1, 0.15) is 25.5 Å². The lowest BCUT2D eigenvalue weighted by atomic mass is 10.2. The summed E-state index contributed by atoms with van der Waals surface area (Å²) in [7, 11) is 1.60. The molecule has 1 N–H and O–H groups in total. The zero-order valence-corrected chi connectivity index (χ0v) is 11.1. The van der Waals surface area contributed by atoms with Crippen LogP contribution in [0.4, 0.5) is 5.69 Å². The molecule has 1 heterocycles. The molecule has 0 aromatic carbocycles. The van der Waals surface area contributed by atoms with E-state index >= 15 is 0 Å². The molecule has 0 atom stereocenters. The van der Waals surface area contributed by atoms with Gasteiger partial charge in [0.15, 0.2) is 0 Å². The largest absolute Gasteiger partial charge is 0.325 e. The minimum absolute atomic E-state index is 0.0188. The summed E-state index contributed by atoms with van der Waals surface area (Å²) in [4.78, 5) is 19.2. The Kier molecular flexibility index (Phi) is 6.08. The number of aliphatic imine (C=N–C) groups is 1. The maximum Gasteiger partial charge on any atom is 0.224 e. The first-order chi connectivity index (χ1) is 9.17. The van der Waals surface area contributed by atoms with Crippen LogP contribution in [-0.4, -0.2) is 24.3 Å². The molecule has 1 aromatic heterocycles. The van der Waals surface area contributed by atoms with Crippen LogP contribution in [0.5, 0.6) is 0 Å². The molecule has 6 heteroatoms. The van der Waals surface area contributed by atoms with E-state index in [2.05, 4.69) is 32.1 Å². The number of anilines is 1. The molecule has 0 fully saturated rings. The van der Waals surface area contributed by atoms with Gasteiger partial charge in [0, 0.05) is 13.5 Å². The number of nitrogens with one attached hydrogen (secondary N) is 1. The van der Waals surface area contributed by atoms with E-state index in [0.717, 1.165) is 6.42 Å². The first kappa shape index (κ1) is 14.7. The molecule has 0 aliphatic rings. The zero-order chi connectivity index (χ0) is 14.1. The van der Waals surface area contributed by atoms with Crippen molar-refractivity contribution in [3.8, 4) is 0 Å². The van der Waals surface area contributed by atoms with Crippen LogP contribution in [0.2, 0.25) is 0 Å². The number of azo groups is 1. The van der Waals surface area contributed by atoms with E-state index < -0.39 is 0 Å². The van der Waals surface area contributed by atoms with Crippen LogP contribution in [0, 0.1) is 0 Å². The summed E-state index contributed by atoms with van der Waals surface area (Å²) in [6, 6.07) is 3.48. The summed E-state index contributed by atoms with van der Waals surface area (Å²) < 4.78 is 0. The molecular formula is C13H17N5O. The van der Waals surface area contributed by atoms with Gasteiger partial charge in [0.2, 0.25) is 5.91 Å². The molecular weight excluding hydrogens is 242 g/mol. The molecule has 1 rings (SSSR count). The third kappa shape index (κ3) is 5.20. The summed E-state index contributed by atoms with van der Waals surface area (Å²) in [6.07, 6.45) is 4.20. The second-order valence-electron chi connectivity index (χ2n) is 3.77. The fraction of sp³-hybridized carbons (Fsp3) is 0.308. The van der Waals surface area contributed by atoms with E-state index in [4.69, 9.17) is 0 Å². The quantitative estimate of drug-likeness (QED) is 0.484. The molecule has 0 spiro atoms. The first-order valence-electron chi connectivity index (χ1n) is 5.94. The molecule has 1 aromatic rings. The third-order valence-electron chi connectivity index (χ3n) is 2.17. The highest BCUT2D eigenvalue weighted by Crippen LogP contribution is 2.14. The number of carbonyl (C=O) groups excluding carboxylic acids is 1. The lowest BCUT2D eigenvalue weighted by molar-refractivity contribution is -0.116. The number of aromatic nitrogens is 1. The topological polar surface area (TPSA) is 79.1 Å². The van der Waals surface area contributed by atoms with Crippen molar-refractivity contribution >= 4 is 23.6 Å². The van der Waals surface area contributed by atoms with Crippen molar-refractivity contribution in [2.45, 2.75) is 19.8 Å². The average molecular weight is 259 g/mol. The Morgan fingerprint density at radius 3 is 2.89 bits per heavy atom. The Bertz CT molecular complexity index is 490. The molecule has 0 unspecified atom stereocenters. The van der Waals surface area contributed by atoms with Crippen molar-refractivity contribution in [3.05, 3.63) is 30.6 Å². The van der Waals surface area contributed by atoms with E-state index in [0.29, 0.717) is 23.5 Å². The first-order valence-corrected chi connectivity index (χ1v) is 5.94. The fourth-order valence-electron chi connectivity index (χ4n) is 1.29. The molecule has 0 bridgehead atoms. The van der Waals surface area contributed by atoms with Gasteiger partial charge in [0.05, 0.1) is 17.6 Å². The molecule has 0 aliphatic carbocycles. The van der Waals surface area contributed by atoms with Crippen molar-refractivity contribution in [2.24, 2.45) is 15.2 Å². The normalized spacial score (nSPS) is 11.1. The van der Waals surface area contributed by atoms with Crippen molar-refractivity contribution in [3.63, 3.8) is 0 Å². The summed E-state index contributed by atoms with van der Waals surface area (Å²) in [6.45, 7) is 5.70. The molecule has 6 nitrogen and oxygen atoms in total. The predicted octanol–water partition coefficient (Wildman–Crippen LogP) is 2.90. The van der Waals surface area contributed by atoms with Gasteiger partial charge in [0.25, 0.3) is 0 Å². The van der Waals surface area contributed by atoms with Gasteiger partial charge in [-0.1, -0.05) is 13.5 Å². The second-order valence-corrected chi connectivity index (χ2v) is 3.77. The van der Waals surface area contributed by atoms with E-state index in [1.807, 2.05) is 6.92 Å². The molecule has 0 radical (unpaired) electrons. The van der Waals surface area contributed by atoms with Crippen molar-refractivity contribution in [1.29, 1.82) is 0 Å². The lowest BCUT2D eigenvalue weighted by Crippen LogP contribution is -2.10. The van der Waals surface area contributed by atoms with Gasteiger partial charge in [-0.3, -0.25) is 14.8 Å². The van der Waals surface area contributed by atoms with Crippen molar-refractivity contribution < 1.29 is 4.79 Å². The highest BCUT2D eigenvalue weighted by molar-refractivity contribution is 5.90. The Morgan fingerprint density at radius 1 is 1.53 bits per heavy atom. The van der Waals surface area contributed by atoms with Crippen LogP contribution in [0.15, 0.2) is 40.1 Å². The number of nitrogens with zero attached hydrogens (tertiary/aromatic N) is 4. The van der Waals surface area contributed by atoms with Gasteiger partial charge in [-0.05, 0) is 18.6 Å². The van der Waals surface area contributed by atoms with Crippen LogP contribution in [-0.2, 0) is 4.79 Å². The molecule has 100 valence electrons.